The van der Waals surface area contributed by atoms with Gasteiger partial charge in [-0.2, -0.15) is 0 Å². The van der Waals surface area contributed by atoms with Crippen LogP contribution >= 0.6 is 11.6 Å². The average molecular weight is 558 g/mol. The molecule has 3 nitrogen and oxygen atoms in total. The van der Waals surface area contributed by atoms with Crippen LogP contribution in [-0.2, 0) is 18.3 Å². The molecule has 2 aromatic heterocycles. The summed E-state index contributed by atoms with van der Waals surface area (Å²) >= 11 is 7.32. The minimum absolute atomic E-state index is 0.406. The van der Waals surface area contributed by atoms with Gasteiger partial charge in [0.25, 0.3) is 0 Å². The molecule has 3 aromatic carbocycles. The molecule has 0 saturated carbocycles. The van der Waals surface area contributed by atoms with Crippen LogP contribution in [0, 0.1) is 0 Å². The zero-order valence-electron chi connectivity index (χ0n) is 23.8. The van der Waals surface area contributed by atoms with E-state index in [4.69, 9.17) is 16.6 Å². The molecular formula is C37H36ClN3. The van der Waals surface area contributed by atoms with E-state index in [9.17, 15) is 0 Å². The highest BCUT2D eigenvalue weighted by molar-refractivity contribution is 6.36. The third kappa shape index (κ3) is 6.11. The molecule has 0 aliphatic heterocycles. The fourth-order valence-corrected chi connectivity index (χ4v) is 5.75. The first-order chi connectivity index (χ1) is 20.0. The van der Waals surface area contributed by atoms with Gasteiger partial charge in [0.1, 0.15) is 0 Å². The number of benzene rings is 3. The van der Waals surface area contributed by atoms with E-state index in [1.54, 1.807) is 6.08 Å². The summed E-state index contributed by atoms with van der Waals surface area (Å²) in [6, 6.07) is 29.8. The van der Waals surface area contributed by atoms with E-state index in [1.807, 2.05) is 30.7 Å². The third-order valence-electron chi connectivity index (χ3n) is 7.85. The molecule has 206 valence electrons. The fourth-order valence-electron chi connectivity index (χ4n) is 5.42. The first-order valence-electron chi connectivity index (χ1n) is 14.2. The van der Waals surface area contributed by atoms with Crippen molar-refractivity contribution in [2.75, 3.05) is 5.32 Å². The zero-order valence-corrected chi connectivity index (χ0v) is 24.5. The summed E-state index contributed by atoms with van der Waals surface area (Å²) in [6.45, 7) is 8.19. The van der Waals surface area contributed by atoms with E-state index >= 15 is 0 Å². The monoisotopic (exact) mass is 557 g/mol. The molecule has 1 N–H and O–H groups in total. The van der Waals surface area contributed by atoms with Gasteiger partial charge in [-0.05, 0) is 84.0 Å². The Morgan fingerprint density at radius 3 is 2.41 bits per heavy atom. The van der Waals surface area contributed by atoms with Crippen LogP contribution in [0.2, 0.25) is 5.02 Å². The van der Waals surface area contributed by atoms with Crippen LogP contribution in [-0.4, -0.2) is 9.97 Å². The van der Waals surface area contributed by atoms with Gasteiger partial charge in [0.05, 0.1) is 10.5 Å². The highest BCUT2D eigenvalue weighted by atomic mass is 35.5. The van der Waals surface area contributed by atoms with Crippen molar-refractivity contribution in [3.05, 3.63) is 161 Å². The number of aryl methyl sites for hydroxylation is 1. The molecular weight excluding hydrogens is 522 g/mol. The fraction of sp³-hybridized carbons (Fsp3) is 0.189. The Bertz CT molecular complexity index is 1600. The normalized spacial score (nSPS) is 12.9. The van der Waals surface area contributed by atoms with Gasteiger partial charge in [-0.15, -0.1) is 0 Å². The molecule has 4 heteroatoms. The van der Waals surface area contributed by atoms with Crippen LogP contribution in [0.3, 0.4) is 0 Å². The van der Waals surface area contributed by atoms with Gasteiger partial charge < -0.3 is 5.32 Å². The minimum atomic E-state index is -0.406. The van der Waals surface area contributed by atoms with Crippen molar-refractivity contribution < 1.29 is 0 Å². The predicted molar refractivity (Wildman–Crippen MR) is 174 cm³/mol. The number of rotatable bonds is 11. The lowest BCUT2D eigenvalue weighted by atomic mass is 9.71. The van der Waals surface area contributed by atoms with E-state index in [0.717, 1.165) is 69.7 Å². The van der Waals surface area contributed by atoms with E-state index < -0.39 is 5.41 Å². The first kappa shape index (κ1) is 28.3. The third-order valence-corrected chi connectivity index (χ3v) is 8.29. The maximum atomic E-state index is 7.32. The number of unbranched alkanes of at least 4 members (excludes halogenated alkanes) is 1. The lowest BCUT2D eigenvalue weighted by Gasteiger charge is -2.32. The van der Waals surface area contributed by atoms with Gasteiger partial charge in [0, 0.05) is 47.2 Å². The average Bonchev–Trinajstić information content (AvgIpc) is 3.02. The van der Waals surface area contributed by atoms with Gasteiger partial charge in [-0.25, -0.2) is 0 Å². The lowest BCUT2D eigenvalue weighted by molar-refractivity contribution is 0.689. The van der Waals surface area contributed by atoms with Crippen LogP contribution in [0.25, 0.3) is 10.9 Å². The number of hydrogen-bond donors (Lipinski definition) is 1. The Kier molecular flexibility index (Phi) is 8.96. The first-order valence-corrected chi connectivity index (χ1v) is 14.6. The molecule has 0 spiro atoms. The van der Waals surface area contributed by atoms with E-state index in [2.05, 4.69) is 110 Å². The van der Waals surface area contributed by atoms with Crippen molar-refractivity contribution in [2.45, 2.75) is 44.9 Å². The summed E-state index contributed by atoms with van der Waals surface area (Å²) in [7, 11) is 0. The van der Waals surface area contributed by atoms with Crippen molar-refractivity contribution in [2.24, 2.45) is 0 Å². The largest absolute Gasteiger partial charge is 0.362 e. The van der Waals surface area contributed by atoms with E-state index in [1.165, 1.54) is 11.1 Å². The Morgan fingerprint density at radius 2 is 1.71 bits per heavy atom. The van der Waals surface area contributed by atoms with Crippen LogP contribution in [0.5, 0.6) is 0 Å². The predicted octanol–water partition coefficient (Wildman–Crippen LogP) is 9.68. The van der Waals surface area contributed by atoms with E-state index in [0.29, 0.717) is 0 Å². The Labute approximate surface area is 248 Å². The topological polar surface area (TPSA) is 37.8 Å². The minimum Gasteiger partial charge on any atom is -0.362 e. The summed E-state index contributed by atoms with van der Waals surface area (Å²) in [4.78, 5) is 9.64. The molecule has 0 radical (unpaired) electrons. The summed E-state index contributed by atoms with van der Waals surface area (Å²) in [5.74, 6) is 0. The van der Waals surface area contributed by atoms with Crippen molar-refractivity contribution >= 4 is 28.2 Å². The molecule has 0 aliphatic carbocycles. The maximum Gasteiger partial charge on any atom is 0.0720 e. The quantitative estimate of drug-likeness (QED) is 0.164. The number of nitrogens with zero attached hydrogens (tertiary/aromatic N) is 2. The number of aromatic nitrogens is 2. The maximum absolute atomic E-state index is 7.32. The van der Waals surface area contributed by atoms with Gasteiger partial charge in [-0.3, -0.25) is 9.97 Å². The van der Waals surface area contributed by atoms with Crippen molar-refractivity contribution in [1.29, 1.82) is 0 Å². The molecule has 0 bridgehead atoms. The summed E-state index contributed by atoms with van der Waals surface area (Å²) in [6.07, 6.45) is 13.1. The number of halogens is 1. The molecule has 0 amide bonds. The number of hydrogen-bond acceptors (Lipinski definition) is 3. The Balaban J connectivity index is 1.61. The second-order valence-electron chi connectivity index (χ2n) is 10.5. The summed E-state index contributed by atoms with van der Waals surface area (Å²) in [5.41, 5.74) is 8.44. The number of anilines is 1. The number of nitrogens with one attached hydrogen (secondary N) is 1. The molecule has 5 rings (SSSR count). The van der Waals surface area contributed by atoms with Crippen molar-refractivity contribution in [1.82, 2.24) is 9.97 Å². The molecule has 0 fully saturated rings. The molecule has 5 aromatic rings. The Hall–Kier alpha value is -4.21. The number of allylic oxidation sites excluding steroid dienone is 2. The van der Waals surface area contributed by atoms with Gasteiger partial charge in [-0.1, -0.05) is 92.2 Å². The van der Waals surface area contributed by atoms with Gasteiger partial charge in [0.2, 0.25) is 0 Å². The van der Waals surface area contributed by atoms with E-state index in [-0.39, 0.29) is 0 Å². The molecule has 0 saturated heterocycles. The summed E-state index contributed by atoms with van der Waals surface area (Å²) < 4.78 is 0. The summed E-state index contributed by atoms with van der Waals surface area (Å²) in [5, 5.41) is 5.04. The zero-order chi connectivity index (χ0) is 28.7. The van der Waals surface area contributed by atoms with Gasteiger partial charge >= 0.3 is 0 Å². The molecule has 41 heavy (non-hydrogen) atoms. The standard InChI is InChI=1S/C37H36ClN3/c1-4-6-15-34-32(24-27-16-19-31(20-17-27)40-23-7-5-2)36(38)33-25-29(18-21-35(33)41-34)37(3,28-12-9-8-10-13-28)30-14-11-22-39-26-30/h5,7-14,16-23,25-26,40H,2,4,6,15,24H2,1,3H3/b23-7-. The SMILES string of the molecule is C=C/C=C\Nc1ccc(Cc2c(CCCC)nc3ccc(C(C)(c4ccccc4)c4cccnc4)cc3c2Cl)cc1. The second kappa shape index (κ2) is 13.0. The number of pyridine rings is 2. The van der Waals surface area contributed by atoms with Crippen LogP contribution in [0.1, 0.15) is 60.2 Å². The van der Waals surface area contributed by atoms with Gasteiger partial charge in [0.15, 0.2) is 0 Å². The molecule has 1 atom stereocenters. The highest BCUT2D eigenvalue weighted by Crippen LogP contribution is 2.41. The Morgan fingerprint density at radius 1 is 0.927 bits per heavy atom. The second-order valence-corrected chi connectivity index (χ2v) is 10.9. The number of fused-ring (bicyclic) bond motifs is 1. The van der Waals surface area contributed by atoms with Crippen LogP contribution < -0.4 is 5.32 Å². The van der Waals surface area contributed by atoms with Crippen LogP contribution in [0.4, 0.5) is 5.69 Å². The smallest absolute Gasteiger partial charge is 0.0720 e. The van der Waals surface area contributed by atoms with Crippen molar-refractivity contribution in [3.63, 3.8) is 0 Å². The van der Waals surface area contributed by atoms with Crippen molar-refractivity contribution in [3.8, 4) is 0 Å². The molecule has 1 unspecified atom stereocenters. The lowest BCUT2D eigenvalue weighted by Crippen LogP contribution is -2.25. The van der Waals surface area contributed by atoms with Crippen LogP contribution in [0.15, 0.2) is 122 Å². The highest BCUT2D eigenvalue weighted by Gasteiger charge is 2.32. The molecule has 0 aliphatic rings. The molecule has 2 heterocycles.